The van der Waals surface area contributed by atoms with Crippen molar-refractivity contribution in [2.24, 2.45) is 0 Å². The van der Waals surface area contributed by atoms with E-state index in [1.165, 1.54) is 17.8 Å². The number of hydrogen-bond acceptors (Lipinski definition) is 3. The Morgan fingerprint density at radius 1 is 1.41 bits per heavy atom. The average molecular weight is 257 g/mol. The molecular formula is C13H20FNOS. The minimum atomic E-state index is -0.211. The molecular weight excluding hydrogens is 237 g/mol. The fourth-order valence-corrected chi connectivity index (χ4v) is 2.68. The van der Waals surface area contributed by atoms with Gasteiger partial charge in [0.05, 0.1) is 6.61 Å². The molecule has 0 aliphatic carbocycles. The molecule has 0 aromatic heterocycles. The largest absolute Gasteiger partial charge is 0.395 e. The van der Waals surface area contributed by atoms with Crippen LogP contribution in [0.3, 0.4) is 0 Å². The first-order valence-electron chi connectivity index (χ1n) is 5.89. The quantitative estimate of drug-likeness (QED) is 0.768. The molecule has 1 aromatic carbocycles. The van der Waals surface area contributed by atoms with Crippen molar-refractivity contribution in [1.82, 2.24) is 5.32 Å². The van der Waals surface area contributed by atoms with E-state index in [0.29, 0.717) is 4.90 Å². The summed E-state index contributed by atoms with van der Waals surface area (Å²) in [5, 5.41) is 12.3. The van der Waals surface area contributed by atoms with Crippen molar-refractivity contribution >= 4 is 11.8 Å². The molecule has 2 atom stereocenters. The highest BCUT2D eigenvalue weighted by molar-refractivity contribution is 8.00. The maximum absolute atomic E-state index is 13.8. The summed E-state index contributed by atoms with van der Waals surface area (Å²) in [5.41, 5.74) is 0.956. The number of aliphatic hydroxyl groups excluding tert-OH is 1. The molecule has 0 saturated carbocycles. The Bertz CT molecular complexity index is 359. The van der Waals surface area contributed by atoms with Gasteiger partial charge in [0.25, 0.3) is 0 Å². The number of rotatable bonds is 6. The first kappa shape index (κ1) is 14.5. The van der Waals surface area contributed by atoms with Crippen LogP contribution < -0.4 is 5.32 Å². The number of hydrogen-bond donors (Lipinski definition) is 2. The molecule has 2 nitrogen and oxygen atoms in total. The molecule has 2 unspecified atom stereocenters. The van der Waals surface area contributed by atoms with E-state index in [4.69, 9.17) is 5.11 Å². The molecule has 0 saturated heterocycles. The lowest BCUT2D eigenvalue weighted by atomic mass is 10.1. The van der Waals surface area contributed by atoms with Crippen molar-refractivity contribution in [3.63, 3.8) is 0 Å². The maximum atomic E-state index is 13.8. The summed E-state index contributed by atoms with van der Waals surface area (Å²) in [6.07, 6.45) is 0. The minimum absolute atomic E-state index is 0.000485. The molecule has 0 spiro atoms. The van der Waals surface area contributed by atoms with E-state index in [0.717, 1.165) is 12.1 Å². The van der Waals surface area contributed by atoms with Crippen LogP contribution in [0.2, 0.25) is 0 Å². The second kappa shape index (κ2) is 6.99. The van der Waals surface area contributed by atoms with Gasteiger partial charge in [0.15, 0.2) is 0 Å². The van der Waals surface area contributed by atoms with Crippen LogP contribution in [-0.2, 0) is 0 Å². The molecule has 0 heterocycles. The third-order valence-electron chi connectivity index (χ3n) is 2.55. The minimum Gasteiger partial charge on any atom is -0.395 e. The van der Waals surface area contributed by atoms with Crippen molar-refractivity contribution in [2.45, 2.75) is 37.0 Å². The molecule has 0 fully saturated rings. The van der Waals surface area contributed by atoms with Gasteiger partial charge in [-0.15, -0.1) is 11.8 Å². The van der Waals surface area contributed by atoms with Crippen molar-refractivity contribution in [3.8, 4) is 0 Å². The van der Waals surface area contributed by atoms with Gasteiger partial charge in [0.2, 0.25) is 0 Å². The topological polar surface area (TPSA) is 32.3 Å². The van der Waals surface area contributed by atoms with Crippen LogP contribution in [0, 0.1) is 5.82 Å². The predicted molar refractivity (Wildman–Crippen MR) is 70.9 cm³/mol. The van der Waals surface area contributed by atoms with Gasteiger partial charge in [-0.05, 0) is 25.1 Å². The SMILES string of the molecule is CCNC(C)c1cccc(F)c1SC(C)CO. The molecule has 1 rings (SSSR count). The van der Waals surface area contributed by atoms with E-state index in [1.54, 1.807) is 6.07 Å². The maximum Gasteiger partial charge on any atom is 0.137 e. The van der Waals surface area contributed by atoms with Crippen LogP contribution in [-0.4, -0.2) is 23.5 Å². The first-order valence-corrected chi connectivity index (χ1v) is 6.77. The number of aliphatic hydroxyl groups is 1. The molecule has 0 amide bonds. The Hall–Kier alpha value is -0.580. The summed E-state index contributed by atoms with van der Waals surface area (Å²) in [6, 6.07) is 5.24. The third-order valence-corrected chi connectivity index (χ3v) is 3.77. The monoisotopic (exact) mass is 257 g/mol. The van der Waals surface area contributed by atoms with E-state index in [-0.39, 0.29) is 23.7 Å². The second-order valence-corrected chi connectivity index (χ2v) is 5.50. The summed E-state index contributed by atoms with van der Waals surface area (Å²) in [6.45, 7) is 6.83. The van der Waals surface area contributed by atoms with E-state index in [2.05, 4.69) is 5.32 Å². The van der Waals surface area contributed by atoms with Gasteiger partial charge < -0.3 is 10.4 Å². The highest BCUT2D eigenvalue weighted by atomic mass is 32.2. The molecule has 0 aliphatic rings. The van der Waals surface area contributed by atoms with Gasteiger partial charge in [0.1, 0.15) is 5.82 Å². The number of benzene rings is 1. The van der Waals surface area contributed by atoms with Gasteiger partial charge in [0, 0.05) is 16.2 Å². The fraction of sp³-hybridized carbons (Fsp3) is 0.538. The smallest absolute Gasteiger partial charge is 0.137 e. The molecule has 96 valence electrons. The lowest BCUT2D eigenvalue weighted by Crippen LogP contribution is -2.19. The van der Waals surface area contributed by atoms with Gasteiger partial charge in [-0.25, -0.2) is 4.39 Å². The zero-order valence-electron chi connectivity index (χ0n) is 10.5. The van der Waals surface area contributed by atoms with Gasteiger partial charge >= 0.3 is 0 Å². The lowest BCUT2D eigenvalue weighted by molar-refractivity contribution is 0.300. The molecule has 0 bridgehead atoms. The Kier molecular flexibility index (Phi) is 5.95. The van der Waals surface area contributed by atoms with Crippen molar-refractivity contribution in [2.75, 3.05) is 13.2 Å². The predicted octanol–water partition coefficient (Wildman–Crippen LogP) is 2.97. The average Bonchev–Trinajstić information content (AvgIpc) is 2.31. The Morgan fingerprint density at radius 3 is 2.71 bits per heavy atom. The van der Waals surface area contributed by atoms with E-state index >= 15 is 0 Å². The van der Waals surface area contributed by atoms with Crippen LogP contribution in [0.15, 0.2) is 23.1 Å². The Balaban J connectivity index is 2.99. The lowest BCUT2D eigenvalue weighted by Gasteiger charge is -2.19. The van der Waals surface area contributed by atoms with E-state index in [1.807, 2.05) is 26.8 Å². The van der Waals surface area contributed by atoms with Crippen LogP contribution in [0.1, 0.15) is 32.4 Å². The summed E-state index contributed by atoms with van der Waals surface area (Å²) in [5.74, 6) is -0.211. The summed E-state index contributed by atoms with van der Waals surface area (Å²) in [7, 11) is 0. The van der Waals surface area contributed by atoms with Gasteiger partial charge in [-0.3, -0.25) is 0 Å². The summed E-state index contributed by atoms with van der Waals surface area (Å²) >= 11 is 1.39. The van der Waals surface area contributed by atoms with Crippen molar-refractivity contribution in [1.29, 1.82) is 0 Å². The number of halogens is 1. The van der Waals surface area contributed by atoms with Crippen LogP contribution >= 0.6 is 11.8 Å². The van der Waals surface area contributed by atoms with Crippen molar-refractivity contribution < 1.29 is 9.50 Å². The van der Waals surface area contributed by atoms with Gasteiger partial charge in [-0.2, -0.15) is 0 Å². The zero-order valence-corrected chi connectivity index (χ0v) is 11.4. The summed E-state index contributed by atoms with van der Waals surface area (Å²) in [4.78, 5) is 0.641. The fourth-order valence-electron chi connectivity index (χ4n) is 1.65. The van der Waals surface area contributed by atoms with Gasteiger partial charge in [-0.1, -0.05) is 26.0 Å². The number of nitrogens with one attached hydrogen (secondary N) is 1. The zero-order chi connectivity index (χ0) is 12.8. The van der Waals surface area contributed by atoms with E-state index in [9.17, 15) is 4.39 Å². The molecule has 0 radical (unpaired) electrons. The molecule has 2 N–H and O–H groups in total. The van der Waals surface area contributed by atoms with Crippen LogP contribution in [0.5, 0.6) is 0 Å². The van der Waals surface area contributed by atoms with E-state index < -0.39 is 0 Å². The number of thioether (sulfide) groups is 1. The van der Waals surface area contributed by atoms with Crippen LogP contribution in [0.25, 0.3) is 0 Å². The highest BCUT2D eigenvalue weighted by Crippen LogP contribution is 2.32. The molecule has 17 heavy (non-hydrogen) atoms. The van der Waals surface area contributed by atoms with Crippen LogP contribution in [0.4, 0.5) is 4.39 Å². The molecule has 0 aliphatic heterocycles. The Morgan fingerprint density at radius 2 is 2.12 bits per heavy atom. The first-order chi connectivity index (χ1) is 8.10. The second-order valence-electron chi connectivity index (χ2n) is 4.05. The standard InChI is InChI=1S/C13H20FNOS/c1-4-15-10(3)11-6-5-7-12(14)13(11)17-9(2)8-16/h5-7,9-10,15-16H,4,8H2,1-3H3. The van der Waals surface area contributed by atoms with Crippen molar-refractivity contribution in [3.05, 3.63) is 29.6 Å². The molecule has 4 heteroatoms. The normalized spacial score (nSPS) is 14.6. The Labute approximate surface area is 107 Å². The molecule has 1 aromatic rings. The third kappa shape index (κ3) is 3.98. The highest BCUT2D eigenvalue weighted by Gasteiger charge is 2.16. The summed E-state index contributed by atoms with van der Waals surface area (Å²) < 4.78 is 13.8.